The predicted molar refractivity (Wildman–Crippen MR) is 65.4 cm³/mol. The van der Waals surface area contributed by atoms with Gasteiger partial charge in [0.05, 0.1) is 13.2 Å². The van der Waals surface area contributed by atoms with E-state index in [0.29, 0.717) is 18.0 Å². The van der Waals surface area contributed by atoms with Crippen LogP contribution in [0.15, 0.2) is 18.2 Å². The molecule has 2 N–H and O–H groups in total. The summed E-state index contributed by atoms with van der Waals surface area (Å²) in [5.41, 5.74) is 1.40. The van der Waals surface area contributed by atoms with Crippen molar-refractivity contribution in [3.8, 4) is 5.75 Å². The van der Waals surface area contributed by atoms with E-state index in [4.69, 9.17) is 19.5 Å². The minimum Gasteiger partial charge on any atom is -0.493 e. The van der Waals surface area contributed by atoms with Crippen LogP contribution in [0.2, 0.25) is 0 Å². The fourth-order valence-corrected chi connectivity index (χ4v) is 1.92. The number of hydrogen-bond donors (Lipinski definition) is 2. The van der Waals surface area contributed by atoms with Crippen molar-refractivity contribution in [1.82, 2.24) is 0 Å². The van der Waals surface area contributed by atoms with Crippen LogP contribution >= 0.6 is 0 Å². The molecule has 1 saturated heterocycles. The van der Waals surface area contributed by atoms with Crippen LogP contribution in [0.3, 0.4) is 0 Å². The number of ether oxygens (including phenoxy) is 2. The minimum atomic E-state index is -1.43. The van der Waals surface area contributed by atoms with Crippen LogP contribution in [-0.2, 0) is 4.74 Å². The highest BCUT2D eigenvalue weighted by atomic mass is 16.5. The average Bonchev–Trinajstić information content (AvgIpc) is 2.80. The molecular weight excluding hydrogens is 219 g/mol. The standard InChI is InChI=1S/C12H17BO4/c1-9-6-11(13(14)15)2-3-12(9)17-8-10-4-5-16-7-10/h2-3,6,10,14-15H,4-5,7-8H2,1H3. The van der Waals surface area contributed by atoms with Crippen LogP contribution in [0.5, 0.6) is 5.75 Å². The van der Waals surface area contributed by atoms with Crippen molar-refractivity contribution in [3.05, 3.63) is 23.8 Å². The second-order valence-corrected chi connectivity index (χ2v) is 4.44. The second-order valence-electron chi connectivity index (χ2n) is 4.44. The highest BCUT2D eigenvalue weighted by molar-refractivity contribution is 6.58. The Balaban J connectivity index is 1.96. The first-order chi connectivity index (χ1) is 8.16. The molecule has 0 saturated carbocycles. The molecular formula is C12H17BO4. The summed E-state index contributed by atoms with van der Waals surface area (Å²) in [5.74, 6) is 1.26. The summed E-state index contributed by atoms with van der Waals surface area (Å²) >= 11 is 0. The lowest BCUT2D eigenvalue weighted by molar-refractivity contribution is 0.167. The number of hydrogen-bond acceptors (Lipinski definition) is 4. The Labute approximate surface area is 101 Å². The molecule has 0 amide bonds. The summed E-state index contributed by atoms with van der Waals surface area (Å²) in [7, 11) is -1.43. The van der Waals surface area contributed by atoms with Crippen LogP contribution in [0, 0.1) is 12.8 Å². The van der Waals surface area contributed by atoms with E-state index >= 15 is 0 Å². The zero-order chi connectivity index (χ0) is 12.3. The van der Waals surface area contributed by atoms with Crippen LogP contribution in [0.4, 0.5) is 0 Å². The Kier molecular flexibility index (Phi) is 4.04. The molecule has 1 fully saturated rings. The van der Waals surface area contributed by atoms with Gasteiger partial charge in [-0.25, -0.2) is 0 Å². The molecule has 4 nitrogen and oxygen atoms in total. The Bertz CT molecular complexity index is 375. The molecule has 1 atom stereocenters. The van der Waals surface area contributed by atoms with Gasteiger partial charge in [0.25, 0.3) is 0 Å². The third kappa shape index (κ3) is 3.22. The van der Waals surface area contributed by atoms with Crippen molar-refractivity contribution in [2.24, 2.45) is 5.92 Å². The molecule has 0 aliphatic carbocycles. The molecule has 0 aromatic heterocycles. The van der Waals surface area contributed by atoms with Gasteiger partial charge in [-0.15, -0.1) is 0 Å². The van der Waals surface area contributed by atoms with E-state index in [-0.39, 0.29) is 0 Å². The molecule has 0 bridgehead atoms. The summed E-state index contributed by atoms with van der Waals surface area (Å²) in [5, 5.41) is 18.1. The lowest BCUT2D eigenvalue weighted by atomic mass is 9.79. The second kappa shape index (κ2) is 5.53. The van der Waals surface area contributed by atoms with Gasteiger partial charge in [0.2, 0.25) is 0 Å². The first-order valence-corrected chi connectivity index (χ1v) is 5.84. The minimum absolute atomic E-state index is 0.470. The van der Waals surface area contributed by atoms with E-state index in [1.807, 2.05) is 6.92 Å². The molecule has 1 unspecified atom stereocenters. The van der Waals surface area contributed by atoms with Crippen LogP contribution in [0.1, 0.15) is 12.0 Å². The lowest BCUT2D eigenvalue weighted by Crippen LogP contribution is -2.29. The normalized spacial score (nSPS) is 19.4. The Hall–Kier alpha value is -1.04. The van der Waals surface area contributed by atoms with Crippen molar-refractivity contribution >= 4 is 12.6 Å². The van der Waals surface area contributed by atoms with Gasteiger partial charge in [0, 0.05) is 12.5 Å². The summed E-state index contributed by atoms with van der Waals surface area (Å²) in [6.45, 7) is 4.14. The molecule has 1 heterocycles. The van der Waals surface area contributed by atoms with E-state index in [1.54, 1.807) is 18.2 Å². The Morgan fingerprint density at radius 3 is 2.88 bits per heavy atom. The van der Waals surface area contributed by atoms with Gasteiger partial charge in [0.1, 0.15) is 5.75 Å². The van der Waals surface area contributed by atoms with Gasteiger partial charge < -0.3 is 19.5 Å². The van der Waals surface area contributed by atoms with Gasteiger partial charge in [-0.2, -0.15) is 0 Å². The van der Waals surface area contributed by atoms with E-state index in [0.717, 1.165) is 30.9 Å². The maximum absolute atomic E-state index is 9.04. The lowest BCUT2D eigenvalue weighted by Gasteiger charge is -2.13. The number of aryl methyl sites for hydroxylation is 1. The van der Waals surface area contributed by atoms with Crippen molar-refractivity contribution in [1.29, 1.82) is 0 Å². The third-order valence-corrected chi connectivity index (χ3v) is 3.00. The third-order valence-electron chi connectivity index (χ3n) is 3.00. The molecule has 1 aromatic rings. The molecule has 0 radical (unpaired) electrons. The van der Waals surface area contributed by atoms with E-state index in [1.165, 1.54) is 0 Å². The van der Waals surface area contributed by atoms with Crippen molar-refractivity contribution < 1.29 is 19.5 Å². The smallest absolute Gasteiger partial charge is 0.488 e. The van der Waals surface area contributed by atoms with Crippen molar-refractivity contribution in [3.63, 3.8) is 0 Å². The quantitative estimate of drug-likeness (QED) is 0.727. The van der Waals surface area contributed by atoms with Gasteiger partial charge in [-0.05, 0) is 30.4 Å². The monoisotopic (exact) mass is 236 g/mol. The van der Waals surface area contributed by atoms with Gasteiger partial charge in [-0.3, -0.25) is 0 Å². The SMILES string of the molecule is Cc1cc(B(O)O)ccc1OCC1CCOC1. The Morgan fingerprint density at radius 1 is 1.47 bits per heavy atom. The fourth-order valence-electron chi connectivity index (χ4n) is 1.92. The summed E-state index contributed by atoms with van der Waals surface area (Å²) in [4.78, 5) is 0. The van der Waals surface area contributed by atoms with Gasteiger partial charge >= 0.3 is 7.12 Å². The molecule has 1 aliphatic heterocycles. The van der Waals surface area contributed by atoms with Gasteiger partial charge in [0.15, 0.2) is 0 Å². The highest BCUT2D eigenvalue weighted by Gasteiger charge is 2.17. The van der Waals surface area contributed by atoms with Crippen LogP contribution in [-0.4, -0.2) is 37.0 Å². The molecule has 2 rings (SSSR count). The topological polar surface area (TPSA) is 58.9 Å². The summed E-state index contributed by atoms with van der Waals surface area (Å²) in [6, 6.07) is 5.17. The van der Waals surface area contributed by atoms with E-state index in [9.17, 15) is 0 Å². The molecule has 17 heavy (non-hydrogen) atoms. The maximum Gasteiger partial charge on any atom is 0.488 e. The van der Waals surface area contributed by atoms with E-state index < -0.39 is 7.12 Å². The average molecular weight is 236 g/mol. The fraction of sp³-hybridized carbons (Fsp3) is 0.500. The summed E-state index contributed by atoms with van der Waals surface area (Å²) < 4.78 is 11.0. The molecule has 5 heteroatoms. The molecule has 92 valence electrons. The molecule has 1 aliphatic rings. The Morgan fingerprint density at radius 2 is 2.29 bits per heavy atom. The summed E-state index contributed by atoms with van der Waals surface area (Å²) in [6.07, 6.45) is 1.05. The molecule has 1 aromatic carbocycles. The van der Waals surface area contributed by atoms with Crippen molar-refractivity contribution in [2.75, 3.05) is 19.8 Å². The number of rotatable bonds is 4. The largest absolute Gasteiger partial charge is 0.493 e. The maximum atomic E-state index is 9.04. The van der Waals surface area contributed by atoms with E-state index in [2.05, 4.69) is 0 Å². The van der Waals surface area contributed by atoms with Crippen molar-refractivity contribution in [2.45, 2.75) is 13.3 Å². The first-order valence-electron chi connectivity index (χ1n) is 5.84. The number of benzene rings is 1. The zero-order valence-corrected chi connectivity index (χ0v) is 9.93. The predicted octanol–water partition coefficient (Wildman–Crippen LogP) is 0.0901. The zero-order valence-electron chi connectivity index (χ0n) is 9.93. The van der Waals surface area contributed by atoms with Crippen LogP contribution in [0.25, 0.3) is 0 Å². The first kappa shape index (κ1) is 12.4. The highest BCUT2D eigenvalue weighted by Crippen LogP contribution is 2.19. The van der Waals surface area contributed by atoms with Crippen LogP contribution < -0.4 is 10.2 Å². The molecule has 0 spiro atoms. The van der Waals surface area contributed by atoms with Gasteiger partial charge in [-0.1, -0.05) is 12.1 Å².